The smallest absolute Gasteiger partial charge is 0.0577 e. The Labute approximate surface area is 81.0 Å². The van der Waals surface area contributed by atoms with E-state index in [9.17, 15) is 0 Å². The van der Waals surface area contributed by atoms with E-state index in [4.69, 9.17) is 4.74 Å². The molecular formula is C11H21NO. The lowest BCUT2D eigenvalue weighted by Gasteiger charge is -2.29. The molecule has 0 radical (unpaired) electrons. The zero-order chi connectivity index (χ0) is 8.93. The number of hydrogen-bond donors (Lipinski definition) is 1. The van der Waals surface area contributed by atoms with Crippen LogP contribution in [0.25, 0.3) is 0 Å². The van der Waals surface area contributed by atoms with Crippen molar-refractivity contribution in [2.75, 3.05) is 19.7 Å². The Morgan fingerprint density at radius 1 is 1.08 bits per heavy atom. The highest BCUT2D eigenvalue weighted by atomic mass is 16.5. The largest absolute Gasteiger partial charge is 0.378 e. The van der Waals surface area contributed by atoms with Crippen LogP contribution in [0.4, 0.5) is 0 Å². The Bertz CT molecular complexity index is 121. The summed E-state index contributed by atoms with van der Waals surface area (Å²) in [6.07, 6.45) is 8.61. The van der Waals surface area contributed by atoms with E-state index in [0.717, 1.165) is 12.5 Å². The predicted octanol–water partition coefficient (Wildman–Crippen LogP) is 1.95. The lowest BCUT2D eigenvalue weighted by molar-refractivity contribution is -0.00106. The molecule has 0 spiro atoms. The molecule has 0 saturated carbocycles. The maximum atomic E-state index is 5.76. The molecule has 1 atom stereocenters. The third-order valence-corrected chi connectivity index (χ3v) is 3.33. The molecule has 2 fully saturated rings. The van der Waals surface area contributed by atoms with Gasteiger partial charge in [-0.15, -0.1) is 0 Å². The summed E-state index contributed by atoms with van der Waals surface area (Å²) in [7, 11) is 0. The quantitative estimate of drug-likeness (QED) is 0.706. The second-order valence-electron chi connectivity index (χ2n) is 4.42. The standard InChI is InChI=1S/C11H21NO/c1-2-8-13-11(3-1)9-10-4-6-12-7-5-10/h10-12H,1-9H2. The zero-order valence-corrected chi connectivity index (χ0v) is 8.43. The van der Waals surface area contributed by atoms with Gasteiger partial charge in [-0.1, -0.05) is 0 Å². The fraction of sp³-hybridized carbons (Fsp3) is 1.00. The van der Waals surface area contributed by atoms with E-state index in [1.54, 1.807) is 0 Å². The van der Waals surface area contributed by atoms with Crippen molar-refractivity contribution in [1.29, 1.82) is 0 Å². The van der Waals surface area contributed by atoms with Gasteiger partial charge in [0.25, 0.3) is 0 Å². The maximum absolute atomic E-state index is 5.76. The lowest BCUT2D eigenvalue weighted by atomic mass is 9.90. The Morgan fingerprint density at radius 2 is 1.92 bits per heavy atom. The van der Waals surface area contributed by atoms with E-state index in [0.29, 0.717) is 6.10 Å². The number of rotatable bonds is 2. The monoisotopic (exact) mass is 183 g/mol. The third kappa shape index (κ3) is 2.96. The summed E-state index contributed by atoms with van der Waals surface area (Å²) in [4.78, 5) is 0. The molecule has 2 saturated heterocycles. The van der Waals surface area contributed by atoms with Crippen molar-refractivity contribution in [3.05, 3.63) is 0 Å². The maximum Gasteiger partial charge on any atom is 0.0577 e. The van der Waals surface area contributed by atoms with Gasteiger partial charge >= 0.3 is 0 Å². The molecule has 2 heterocycles. The van der Waals surface area contributed by atoms with Crippen molar-refractivity contribution in [1.82, 2.24) is 5.32 Å². The summed E-state index contributed by atoms with van der Waals surface area (Å²) in [5.74, 6) is 0.935. The lowest BCUT2D eigenvalue weighted by Crippen LogP contribution is -2.31. The van der Waals surface area contributed by atoms with E-state index in [-0.39, 0.29) is 0 Å². The molecule has 0 bridgehead atoms. The summed E-state index contributed by atoms with van der Waals surface area (Å²) < 4.78 is 5.76. The van der Waals surface area contributed by atoms with Crippen molar-refractivity contribution >= 4 is 0 Å². The first-order chi connectivity index (χ1) is 6.45. The van der Waals surface area contributed by atoms with Gasteiger partial charge in [0.05, 0.1) is 6.10 Å². The molecule has 0 aromatic carbocycles. The Morgan fingerprint density at radius 3 is 2.62 bits per heavy atom. The number of piperidine rings is 1. The molecule has 76 valence electrons. The number of hydrogen-bond acceptors (Lipinski definition) is 2. The van der Waals surface area contributed by atoms with Crippen LogP contribution in [0, 0.1) is 5.92 Å². The van der Waals surface area contributed by atoms with Crippen molar-refractivity contribution in [3.63, 3.8) is 0 Å². The van der Waals surface area contributed by atoms with Crippen LogP contribution in [0.5, 0.6) is 0 Å². The SMILES string of the molecule is C1CCC(CC2CCNCC2)OC1. The molecule has 0 amide bonds. The van der Waals surface area contributed by atoms with Crippen molar-refractivity contribution in [2.45, 2.75) is 44.6 Å². The molecule has 0 aromatic heterocycles. The minimum absolute atomic E-state index is 0.594. The van der Waals surface area contributed by atoms with Crippen LogP contribution >= 0.6 is 0 Å². The summed E-state index contributed by atoms with van der Waals surface area (Å²) in [5, 5.41) is 3.41. The van der Waals surface area contributed by atoms with Gasteiger partial charge in [0.2, 0.25) is 0 Å². The molecule has 2 nitrogen and oxygen atoms in total. The fourth-order valence-corrected chi connectivity index (χ4v) is 2.48. The summed E-state index contributed by atoms with van der Waals surface area (Å²) in [6, 6.07) is 0. The minimum Gasteiger partial charge on any atom is -0.378 e. The van der Waals surface area contributed by atoms with Gasteiger partial charge < -0.3 is 10.1 Å². The first-order valence-corrected chi connectivity index (χ1v) is 5.77. The van der Waals surface area contributed by atoms with Gasteiger partial charge in [0.1, 0.15) is 0 Å². The second-order valence-corrected chi connectivity index (χ2v) is 4.42. The average molecular weight is 183 g/mol. The molecule has 2 rings (SSSR count). The Hall–Kier alpha value is -0.0800. The first kappa shape index (κ1) is 9.47. The van der Waals surface area contributed by atoms with Gasteiger partial charge in [-0.05, 0) is 57.5 Å². The van der Waals surface area contributed by atoms with E-state index >= 15 is 0 Å². The van der Waals surface area contributed by atoms with Gasteiger partial charge in [-0.25, -0.2) is 0 Å². The van der Waals surface area contributed by atoms with Gasteiger partial charge in [0.15, 0.2) is 0 Å². The van der Waals surface area contributed by atoms with E-state index in [2.05, 4.69) is 5.32 Å². The zero-order valence-electron chi connectivity index (χ0n) is 8.43. The summed E-state index contributed by atoms with van der Waals surface area (Å²) in [6.45, 7) is 3.45. The van der Waals surface area contributed by atoms with Gasteiger partial charge in [-0.2, -0.15) is 0 Å². The fourth-order valence-electron chi connectivity index (χ4n) is 2.48. The summed E-state index contributed by atoms with van der Waals surface area (Å²) in [5.41, 5.74) is 0. The van der Waals surface area contributed by atoms with Gasteiger partial charge in [-0.3, -0.25) is 0 Å². The van der Waals surface area contributed by atoms with E-state index in [1.807, 2.05) is 0 Å². The molecule has 0 aliphatic carbocycles. The third-order valence-electron chi connectivity index (χ3n) is 3.33. The second kappa shape index (κ2) is 4.97. The molecular weight excluding hydrogens is 162 g/mol. The normalized spacial score (nSPS) is 31.8. The molecule has 1 unspecified atom stereocenters. The molecule has 13 heavy (non-hydrogen) atoms. The number of ether oxygens (including phenoxy) is 1. The molecule has 1 N–H and O–H groups in total. The predicted molar refractivity (Wildman–Crippen MR) is 53.8 cm³/mol. The molecule has 2 aliphatic heterocycles. The van der Waals surface area contributed by atoms with Crippen LogP contribution in [0.1, 0.15) is 38.5 Å². The van der Waals surface area contributed by atoms with Gasteiger partial charge in [0, 0.05) is 6.61 Å². The first-order valence-electron chi connectivity index (χ1n) is 5.77. The van der Waals surface area contributed by atoms with E-state index < -0.39 is 0 Å². The van der Waals surface area contributed by atoms with E-state index in [1.165, 1.54) is 51.6 Å². The van der Waals surface area contributed by atoms with Crippen molar-refractivity contribution in [3.8, 4) is 0 Å². The van der Waals surface area contributed by atoms with Crippen LogP contribution in [0.15, 0.2) is 0 Å². The van der Waals surface area contributed by atoms with Crippen LogP contribution in [-0.4, -0.2) is 25.8 Å². The minimum atomic E-state index is 0.594. The highest BCUT2D eigenvalue weighted by Gasteiger charge is 2.20. The Balaban J connectivity index is 1.69. The van der Waals surface area contributed by atoms with Crippen LogP contribution in [0.2, 0.25) is 0 Å². The molecule has 2 heteroatoms. The van der Waals surface area contributed by atoms with Crippen LogP contribution < -0.4 is 5.32 Å². The number of nitrogens with one attached hydrogen (secondary N) is 1. The van der Waals surface area contributed by atoms with Crippen molar-refractivity contribution < 1.29 is 4.74 Å². The van der Waals surface area contributed by atoms with Crippen molar-refractivity contribution in [2.24, 2.45) is 5.92 Å². The van der Waals surface area contributed by atoms with Crippen LogP contribution in [0.3, 0.4) is 0 Å². The Kier molecular flexibility index (Phi) is 3.62. The average Bonchev–Trinajstić information content (AvgIpc) is 2.21. The highest BCUT2D eigenvalue weighted by Crippen LogP contribution is 2.24. The van der Waals surface area contributed by atoms with Crippen LogP contribution in [-0.2, 0) is 4.74 Å². The highest BCUT2D eigenvalue weighted by molar-refractivity contribution is 4.74. The molecule has 0 aromatic rings. The molecule has 2 aliphatic rings. The topological polar surface area (TPSA) is 21.3 Å². The summed E-state index contributed by atoms with van der Waals surface area (Å²) >= 11 is 0.